The van der Waals surface area contributed by atoms with Crippen LogP contribution in [-0.4, -0.2) is 31.7 Å². The maximum atomic E-state index is 13.2. The number of nitrogens with one attached hydrogen (secondary N) is 1. The predicted molar refractivity (Wildman–Crippen MR) is 118 cm³/mol. The van der Waals surface area contributed by atoms with Crippen molar-refractivity contribution in [3.8, 4) is 0 Å². The maximum Gasteiger partial charge on any atom is 0.243 e. The van der Waals surface area contributed by atoms with Crippen molar-refractivity contribution >= 4 is 15.9 Å². The Morgan fingerprint density at radius 2 is 1.52 bits per heavy atom. The average Bonchev–Trinajstić information content (AvgIpc) is 2.78. The van der Waals surface area contributed by atoms with E-state index in [1.54, 1.807) is 37.3 Å². The van der Waals surface area contributed by atoms with E-state index in [-0.39, 0.29) is 29.8 Å². The first-order chi connectivity index (χ1) is 14.9. The summed E-state index contributed by atoms with van der Waals surface area (Å²) >= 11 is 0. The van der Waals surface area contributed by atoms with Gasteiger partial charge in [0.25, 0.3) is 0 Å². The summed E-state index contributed by atoms with van der Waals surface area (Å²) in [6.45, 7) is 1.63. The van der Waals surface area contributed by atoms with Gasteiger partial charge in [0.05, 0.1) is 17.5 Å². The van der Waals surface area contributed by atoms with Crippen molar-refractivity contribution < 1.29 is 17.6 Å². The third-order valence-electron chi connectivity index (χ3n) is 4.94. The molecule has 3 rings (SSSR count). The van der Waals surface area contributed by atoms with Gasteiger partial charge in [-0.1, -0.05) is 60.7 Å². The van der Waals surface area contributed by atoms with E-state index >= 15 is 0 Å². The Labute approximate surface area is 182 Å². The van der Waals surface area contributed by atoms with Gasteiger partial charge in [-0.2, -0.15) is 4.31 Å². The third kappa shape index (κ3) is 6.23. The molecule has 1 amide bonds. The quantitative estimate of drug-likeness (QED) is 0.548. The highest BCUT2D eigenvalue weighted by Gasteiger charge is 2.26. The zero-order chi connectivity index (χ0) is 22.3. The number of rotatable bonds is 9. The lowest BCUT2D eigenvalue weighted by Gasteiger charge is -2.23. The molecule has 0 aliphatic carbocycles. The standard InChI is InChI=1S/C24H25FN2O3S/c1-19(21-12-14-22(25)15-13-21)26-24(28)18-27(17-16-20-8-4-2-5-9-20)31(29,30)23-10-6-3-7-11-23/h2-15,19H,16-18H2,1H3,(H,26,28). The Balaban J connectivity index is 1.75. The van der Waals surface area contributed by atoms with Crippen LogP contribution >= 0.6 is 0 Å². The molecule has 0 bridgehead atoms. The van der Waals surface area contributed by atoms with E-state index in [0.717, 1.165) is 11.1 Å². The van der Waals surface area contributed by atoms with Crippen LogP contribution < -0.4 is 5.32 Å². The highest BCUT2D eigenvalue weighted by Crippen LogP contribution is 2.17. The lowest BCUT2D eigenvalue weighted by Crippen LogP contribution is -2.42. The number of amides is 1. The fraction of sp³-hybridized carbons (Fsp3) is 0.208. The van der Waals surface area contributed by atoms with E-state index < -0.39 is 15.9 Å². The second kappa shape index (κ2) is 10.3. The van der Waals surface area contributed by atoms with Gasteiger partial charge in [-0.3, -0.25) is 4.79 Å². The molecule has 3 aromatic carbocycles. The number of carbonyl (C=O) groups excluding carboxylic acids is 1. The van der Waals surface area contributed by atoms with Crippen LogP contribution in [-0.2, 0) is 21.2 Å². The molecular formula is C24H25FN2O3S. The van der Waals surface area contributed by atoms with Crippen LogP contribution in [0, 0.1) is 5.82 Å². The van der Waals surface area contributed by atoms with E-state index in [0.29, 0.717) is 6.42 Å². The van der Waals surface area contributed by atoms with Crippen LogP contribution in [0.2, 0.25) is 0 Å². The SMILES string of the molecule is CC(NC(=O)CN(CCc1ccccc1)S(=O)(=O)c1ccccc1)c1ccc(F)cc1. The van der Waals surface area contributed by atoms with Gasteiger partial charge in [0.15, 0.2) is 0 Å². The van der Waals surface area contributed by atoms with Crippen molar-refractivity contribution in [1.82, 2.24) is 9.62 Å². The maximum absolute atomic E-state index is 13.2. The van der Waals surface area contributed by atoms with Crippen LogP contribution in [0.15, 0.2) is 89.8 Å². The van der Waals surface area contributed by atoms with Crippen molar-refractivity contribution in [2.45, 2.75) is 24.3 Å². The summed E-state index contributed by atoms with van der Waals surface area (Å²) in [5.41, 5.74) is 1.72. The minimum absolute atomic E-state index is 0.141. The van der Waals surface area contributed by atoms with Crippen LogP contribution in [0.4, 0.5) is 4.39 Å². The van der Waals surface area contributed by atoms with Gasteiger partial charge in [-0.15, -0.1) is 0 Å². The molecule has 0 aliphatic rings. The number of nitrogens with zero attached hydrogens (tertiary/aromatic N) is 1. The number of halogens is 1. The monoisotopic (exact) mass is 440 g/mol. The van der Waals surface area contributed by atoms with Crippen LogP contribution in [0.1, 0.15) is 24.1 Å². The van der Waals surface area contributed by atoms with Crippen molar-refractivity contribution in [2.75, 3.05) is 13.1 Å². The lowest BCUT2D eigenvalue weighted by molar-refractivity contribution is -0.121. The number of hydrogen-bond donors (Lipinski definition) is 1. The minimum Gasteiger partial charge on any atom is -0.348 e. The summed E-state index contributed by atoms with van der Waals surface area (Å²) in [6, 6.07) is 23.0. The molecule has 0 saturated carbocycles. The van der Waals surface area contributed by atoms with E-state index in [9.17, 15) is 17.6 Å². The Morgan fingerprint density at radius 1 is 0.935 bits per heavy atom. The van der Waals surface area contributed by atoms with Gasteiger partial charge in [-0.25, -0.2) is 12.8 Å². The lowest BCUT2D eigenvalue weighted by atomic mass is 10.1. The first kappa shape index (κ1) is 22.7. The molecule has 1 atom stereocenters. The number of carbonyl (C=O) groups is 1. The first-order valence-electron chi connectivity index (χ1n) is 10.0. The molecule has 0 fully saturated rings. The fourth-order valence-electron chi connectivity index (χ4n) is 3.21. The molecule has 0 spiro atoms. The molecular weight excluding hydrogens is 415 g/mol. The fourth-order valence-corrected chi connectivity index (χ4v) is 4.62. The van der Waals surface area contributed by atoms with E-state index in [1.807, 2.05) is 30.3 Å². The largest absolute Gasteiger partial charge is 0.348 e. The Hall–Kier alpha value is -3.03. The molecule has 0 heterocycles. The second-order valence-corrected chi connectivity index (χ2v) is 9.17. The summed E-state index contributed by atoms with van der Waals surface area (Å²) < 4.78 is 40.7. The van der Waals surface area contributed by atoms with Gasteiger partial charge in [0.1, 0.15) is 5.82 Å². The molecule has 0 saturated heterocycles. The minimum atomic E-state index is -3.85. The summed E-state index contributed by atoms with van der Waals surface area (Å²) in [6.07, 6.45) is 0.480. The number of sulfonamides is 1. The van der Waals surface area contributed by atoms with Gasteiger partial charge in [0.2, 0.25) is 15.9 Å². The van der Waals surface area contributed by atoms with E-state index in [1.165, 1.54) is 28.6 Å². The van der Waals surface area contributed by atoms with Gasteiger partial charge in [0, 0.05) is 6.54 Å². The van der Waals surface area contributed by atoms with Crippen molar-refractivity contribution in [2.24, 2.45) is 0 Å². The Morgan fingerprint density at radius 3 is 2.13 bits per heavy atom. The predicted octanol–water partition coefficient (Wildman–Crippen LogP) is 3.94. The molecule has 1 N–H and O–H groups in total. The van der Waals surface area contributed by atoms with Gasteiger partial charge in [-0.05, 0) is 48.7 Å². The molecule has 162 valence electrons. The average molecular weight is 441 g/mol. The van der Waals surface area contributed by atoms with Crippen LogP contribution in [0.25, 0.3) is 0 Å². The molecule has 5 nitrogen and oxygen atoms in total. The summed E-state index contributed by atoms with van der Waals surface area (Å²) in [4.78, 5) is 12.8. The van der Waals surface area contributed by atoms with Crippen molar-refractivity contribution in [3.63, 3.8) is 0 Å². The topological polar surface area (TPSA) is 66.5 Å². The number of benzene rings is 3. The second-order valence-electron chi connectivity index (χ2n) is 7.23. The molecule has 3 aromatic rings. The van der Waals surface area contributed by atoms with Crippen molar-refractivity contribution in [1.29, 1.82) is 0 Å². The van der Waals surface area contributed by atoms with Gasteiger partial charge < -0.3 is 5.32 Å². The molecule has 7 heteroatoms. The molecule has 31 heavy (non-hydrogen) atoms. The normalized spacial score (nSPS) is 12.5. The highest BCUT2D eigenvalue weighted by molar-refractivity contribution is 7.89. The Kier molecular flexibility index (Phi) is 7.55. The molecule has 0 aliphatic heterocycles. The summed E-state index contributed by atoms with van der Waals surface area (Å²) in [5.74, 6) is -0.785. The van der Waals surface area contributed by atoms with Crippen molar-refractivity contribution in [3.05, 3.63) is 102 Å². The zero-order valence-electron chi connectivity index (χ0n) is 17.2. The van der Waals surface area contributed by atoms with E-state index in [2.05, 4.69) is 5.32 Å². The summed E-state index contributed by atoms with van der Waals surface area (Å²) in [7, 11) is -3.85. The molecule has 0 aromatic heterocycles. The van der Waals surface area contributed by atoms with E-state index in [4.69, 9.17) is 0 Å². The van der Waals surface area contributed by atoms with Gasteiger partial charge >= 0.3 is 0 Å². The highest BCUT2D eigenvalue weighted by atomic mass is 32.2. The molecule has 0 radical (unpaired) electrons. The van der Waals surface area contributed by atoms with Crippen LogP contribution in [0.3, 0.4) is 0 Å². The smallest absolute Gasteiger partial charge is 0.243 e. The molecule has 1 unspecified atom stereocenters. The first-order valence-corrected chi connectivity index (χ1v) is 11.4. The number of hydrogen-bond acceptors (Lipinski definition) is 3. The third-order valence-corrected chi connectivity index (χ3v) is 6.80. The van der Waals surface area contributed by atoms with Crippen LogP contribution in [0.5, 0.6) is 0 Å². The zero-order valence-corrected chi connectivity index (χ0v) is 18.1. The summed E-state index contributed by atoms with van der Waals surface area (Å²) in [5, 5.41) is 2.80. The Bertz CT molecular complexity index is 1090.